The molecule has 4 aliphatic rings. The molecule has 0 spiro atoms. The van der Waals surface area contributed by atoms with Gasteiger partial charge in [-0.25, -0.2) is 9.59 Å². The SMILES string of the molecule is CCOC(=O)[C@@H]1CN(C(=O)[C@@H](Cc2cc(Cl)c(N)c(C(F)(F)F)c2)OC(=O)N2CCC(N3CCc4ccccc4NC3=O)CC2)CCN1C1CCN(C)CC1. The Balaban J connectivity index is 1.18. The van der Waals surface area contributed by atoms with Gasteiger partial charge in [0.1, 0.15) is 6.04 Å². The van der Waals surface area contributed by atoms with Gasteiger partial charge < -0.3 is 40.1 Å². The van der Waals surface area contributed by atoms with E-state index in [2.05, 4.69) is 15.1 Å². The quantitative estimate of drug-likeness (QED) is 0.287. The molecule has 2 aromatic carbocycles. The average Bonchev–Trinajstić information content (AvgIpc) is 3.33. The Morgan fingerprint density at radius 2 is 1.65 bits per heavy atom. The van der Waals surface area contributed by atoms with E-state index in [4.69, 9.17) is 26.8 Å². The number of nitrogens with zero attached hydrogens (tertiary/aromatic N) is 5. The molecule has 17 heteroatoms. The van der Waals surface area contributed by atoms with E-state index in [9.17, 15) is 32.3 Å². The number of carbonyl (C=O) groups excluding carboxylic acids is 4. The van der Waals surface area contributed by atoms with Gasteiger partial charge in [-0.15, -0.1) is 0 Å². The number of likely N-dealkylation sites (tertiary alicyclic amines) is 2. The summed E-state index contributed by atoms with van der Waals surface area (Å²) in [7, 11) is 2.04. The molecule has 4 amide bonds. The number of nitrogens with one attached hydrogen (secondary N) is 1. The number of ether oxygens (including phenoxy) is 2. The van der Waals surface area contributed by atoms with Gasteiger partial charge in [0.25, 0.3) is 5.91 Å². The van der Waals surface area contributed by atoms with Crippen molar-refractivity contribution >= 4 is 47.0 Å². The Kier molecular flexibility index (Phi) is 12.7. The monoisotopic (exact) mass is 791 g/mol. The summed E-state index contributed by atoms with van der Waals surface area (Å²) in [4.78, 5) is 63.5. The lowest BCUT2D eigenvalue weighted by molar-refractivity contribution is -0.158. The number of nitrogens with two attached hydrogens (primary N) is 1. The summed E-state index contributed by atoms with van der Waals surface area (Å²) in [5.74, 6) is -1.12. The van der Waals surface area contributed by atoms with Crippen LogP contribution in [0.3, 0.4) is 0 Å². The second kappa shape index (κ2) is 17.2. The number of urea groups is 1. The number of carbonyl (C=O) groups is 4. The van der Waals surface area contributed by atoms with Crippen LogP contribution in [0.15, 0.2) is 36.4 Å². The third kappa shape index (κ3) is 9.41. The predicted molar refractivity (Wildman–Crippen MR) is 200 cm³/mol. The minimum absolute atomic E-state index is 0.00328. The van der Waals surface area contributed by atoms with E-state index in [0.29, 0.717) is 32.4 Å². The number of para-hydroxylation sites is 1. The molecule has 3 saturated heterocycles. The number of anilines is 2. The minimum atomic E-state index is -4.82. The molecule has 4 aliphatic heterocycles. The van der Waals surface area contributed by atoms with Gasteiger partial charge in [-0.05, 0) is 88.5 Å². The Morgan fingerprint density at radius 1 is 0.964 bits per heavy atom. The van der Waals surface area contributed by atoms with Crippen LogP contribution in [0.25, 0.3) is 0 Å². The van der Waals surface area contributed by atoms with Gasteiger partial charge in [-0.2, -0.15) is 13.2 Å². The molecule has 0 saturated carbocycles. The first-order valence-corrected chi connectivity index (χ1v) is 19.3. The van der Waals surface area contributed by atoms with Gasteiger partial charge in [0.05, 0.1) is 22.9 Å². The van der Waals surface area contributed by atoms with Gasteiger partial charge in [-0.1, -0.05) is 29.8 Å². The number of amides is 4. The Bertz CT molecular complexity index is 1730. The first kappa shape index (κ1) is 40.4. The van der Waals surface area contributed by atoms with Crippen molar-refractivity contribution in [2.45, 2.75) is 75.9 Å². The molecule has 13 nitrogen and oxygen atoms in total. The summed E-state index contributed by atoms with van der Waals surface area (Å²) in [6, 6.07) is 8.65. The van der Waals surface area contributed by atoms with E-state index in [0.717, 1.165) is 43.2 Å². The van der Waals surface area contributed by atoms with Gasteiger partial charge in [0.15, 0.2) is 6.10 Å². The number of esters is 1. The van der Waals surface area contributed by atoms with Crippen molar-refractivity contribution in [2.24, 2.45) is 0 Å². The molecule has 3 fully saturated rings. The lowest BCUT2D eigenvalue weighted by atomic mass is 9.98. The summed E-state index contributed by atoms with van der Waals surface area (Å²) in [6.07, 6.45) is -4.32. The van der Waals surface area contributed by atoms with Crippen LogP contribution in [0.5, 0.6) is 0 Å². The summed E-state index contributed by atoms with van der Waals surface area (Å²) < 4.78 is 53.1. The molecule has 2 aromatic rings. The summed E-state index contributed by atoms with van der Waals surface area (Å²) in [5.41, 5.74) is 5.68. The number of rotatable bonds is 8. The van der Waals surface area contributed by atoms with Crippen molar-refractivity contribution in [3.05, 3.63) is 58.1 Å². The van der Waals surface area contributed by atoms with E-state index in [1.807, 2.05) is 31.3 Å². The topological polar surface area (TPSA) is 141 Å². The number of piperazine rings is 1. The molecule has 3 N–H and O–H groups in total. The van der Waals surface area contributed by atoms with Crippen LogP contribution in [-0.4, -0.2) is 139 Å². The number of benzene rings is 2. The Morgan fingerprint density at radius 3 is 2.35 bits per heavy atom. The van der Waals surface area contributed by atoms with Crippen molar-refractivity contribution in [1.29, 1.82) is 0 Å². The third-order valence-corrected chi connectivity index (χ3v) is 11.5. The maximum atomic E-state index is 14.3. The molecular formula is C38H49ClF3N7O6. The highest BCUT2D eigenvalue weighted by Crippen LogP contribution is 2.38. The maximum Gasteiger partial charge on any atom is 0.418 e. The molecule has 0 aliphatic carbocycles. The molecule has 6 rings (SSSR count). The van der Waals surface area contributed by atoms with Crippen molar-refractivity contribution in [3.63, 3.8) is 0 Å². The molecule has 300 valence electrons. The fraction of sp³-hybridized carbons (Fsp3) is 0.579. The zero-order chi connectivity index (χ0) is 39.4. The van der Waals surface area contributed by atoms with E-state index < -0.39 is 54.0 Å². The zero-order valence-electron chi connectivity index (χ0n) is 31.2. The van der Waals surface area contributed by atoms with Crippen LogP contribution in [-0.2, 0) is 38.1 Å². The van der Waals surface area contributed by atoms with Crippen LogP contribution in [0.4, 0.5) is 34.1 Å². The lowest BCUT2D eigenvalue weighted by Crippen LogP contribution is -2.63. The molecule has 55 heavy (non-hydrogen) atoms. The largest absolute Gasteiger partial charge is 0.465 e. The number of alkyl halides is 3. The van der Waals surface area contributed by atoms with Crippen molar-refractivity contribution in [3.8, 4) is 0 Å². The average molecular weight is 792 g/mol. The first-order valence-electron chi connectivity index (χ1n) is 18.9. The van der Waals surface area contributed by atoms with Gasteiger partial charge in [0, 0.05) is 63.5 Å². The fourth-order valence-corrected chi connectivity index (χ4v) is 8.37. The Hall–Kier alpha value is -4.28. The van der Waals surface area contributed by atoms with Crippen LogP contribution < -0.4 is 11.1 Å². The fourth-order valence-electron chi connectivity index (χ4n) is 8.13. The van der Waals surface area contributed by atoms with E-state index in [1.54, 1.807) is 11.8 Å². The number of piperidine rings is 2. The van der Waals surface area contributed by atoms with Gasteiger partial charge in [0.2, 0.25) is 0 Å². The smallest absolute Gasteiger partial charge is 0.418 e. The van der Waals surface area contributed by atoms with Crippen LogP contribution in [0, 0.1) is 0 Å². The molecule has 0 radical (unpaired) electrons. The second-order valence-corrected chi connectivity index (χ2v) is 15.1. The van der Waals surface area contributed by atoms with E-state index >= 15 is 0 Å². The number of halogens is 4. The predicted octanol–water partition coefficient (Wildman–Crippen LogP) is 4.71. The van der Waals surface area contributed by atoms with Crippen LogP contribution in [0.1, 0.15) is 49.3 Å². The van der Waals surface area contributed by atoms with Crippen molar-refractivity contribution in [1.82, 2.24) is 24.5 Å². The van der Waals surface area contributed by atoms with E-state index in [-0.39, 0.29) is 61.5 Å². The Labute approximate surface area is 323 Å². The summed E-state index contributed by atoms with van der Waals surface area (Å²) in [6.45, 7) is 5.07. The minimum Gasteiger partial charge on any atom is -0.465 e. The van der Waals surface area contributed by atoms with E-state index in [1.165, 1.54) is 15.9 Å². The molecule has 0 bridgehead atoms. The van der Waals surface area contributed by atoms with Crippen molar-refractivity contribution in [2.75, 3.05) is 77.1 Å². The maximum absolute atomic E-state index is 14.3. The summed E-state index contributed by atoms with van der Waals surface area (Å²) >= 11 is 6.14. The third-order valence-electron chi connectivity index (χ3n) is 11.2. The molecular weight excluding hydrogens is 743 g/mol. The number of nitrogen functional groups attached to an aromatic ring is 1. The molecule has 0 unspecified atom stereocenters. The summed E-state index contributed by atoms with van der Waals surface area (Å²) in [5, 5.41) is 2.63. The zero-order valence-corrected chi connectivity index (χ0v) is 31.9. The normalized spacial score (nSPS) is 21.4. The number of fused-ring (bicyclic) bond motifs is 1. The van der Waals surface area contributed by atoms with Crippen LogP contribution >= 0.6 is 11.6 Å². The molecule has 0 aromatic heterocycles. The lowest BCUT2D eigenvalue weighted by Gasteiger charge is -2.46. The van der Waals surface area contributed by atoms with Gasteiger partial charge >= 0.3 is 24.3 Å². The number of hydrogen-bond acceptors (Lipinski definition) is 9. The molecule has 4 heterocycles. The van der Waals surface area contributed by atoms with Crippen LogP contribution in [0.2, 0.25) is 5.02 Å². The second-order valence-electron chi connectivity index (χ2n) is 14.7. The highest BCUT2D eigenvalue weighted by Gasteiger charge is 2.43. The molecule has 2 atom stereocenters. The van der Waals surface area contributed by atoms with Crippen molar-refractivity contribution < 1.29 is 41.8 Å². The highest BCUT2D eigenvalue weighted by atomic mass is 35.5. The number of hydrogen-bond donors (Lipinski definition) is 2. The van der Waals surface area contributed by atoms with Gasteiger partial charge in [-0.3, -0.25) is 14.5 Å². The first-order chi connectivity index (χ1) is 26.2. The highest BCUT2D eigenvalue weighted by molar-refractivity contribution is 6.33. The standard InChI is InChI=1S/C38H49ClF3N7O6/c1-3-54-35(51)31-23-47(18-19-48(31)26-9-13-45(2)14-10-26)34(50)32(22-24-20-28(38(40,41)42)33(43)29(39)21-24)55-37(53)46-15-11-27(12-16-46)49-17-8-25-6-4-5-7-30(25)44-36(49)52/h4-7,20-21,26-27,31-32H,3,8-19,22-23,43H2,1-2H3,(H,44,52)/t31-,32+/m0/s1.